The fourth-order valence-corrected chi connectivity index (χ4v) is 10.00. The number of likely N-dealkylation sites (tertiary alicyclic amines) is 1. The van der Waals surface area contributed by atoms with Crippen molar-refractivity contribution in [2.45, 2.75) is 104 Å². The number of nitrogens with one attached hydrogen (secondary N) is 3. The molecule has 1 aliphatic carbocycles. The number of ketones is 1. The third kappa shape index (κ3) is 7.86. The number of Topliss-reactive ketones (excluding diaryl/α,β-unsaturated/α-hetero) is 1. The second-order valence-corrected chi connectivity index (χ2v) is 17.5. The molecule has 8 rings (SSSR count). The van der Waals surface area contributed by atoms with Gasteiger partial charge in [-0.2, -0.15) is 0 Å². The number of nitrogens with zero attached hydrogens (tertiary/aromatic N) is 3. The number of hydrogen-bond donors (Lipinski definition) is 3. The Labute approximate surface area is 356 Å². The van der Waals surface area contributed by atoms with Crippen molar-refractivity contribution in [3.05, 3.63) is 65.6 Å². The largest absolute Gasteiger partial charge is 0.488 e. The maximum Gasteiger partial charge on any atom is 0.407 e. The van der Waals surface area contributed by atoms with Crippen molar-refractivity contribution >= 4 is 46.0 Å². The molecule has 1 unspecified atom stereocenters. The lowest BCUT2D eigenvalue weighted by molar-refractivity contribution is -0.137. The van der Waals surface area contributed by atoms with Crippen LogP contribution in [0, 0.1) is 23.7 Å². The van der Waals surface area contributed by atoms with Gasteiger partial charge in [-0.25, -0.2) is 14.6 Å². The number of fused-ring (bicyclic) bond motifs is 6. The van der Waals surface area contributed by atoms with Crippen molar-refractivity contribution in [1.29, 1.82) is 0 Å². The molecule has 14 nitrogen and oxygen atoms in total. The number of benzene rings is 3. The van der Waals surface area contributed by atoms with Crippen LogP contribution < -0.4 is 15.4 Å². The van der Waals surface area contributed by atoms with E-state index < -0.39 is 30.4 Å². The number of imidazole rings is 1. The Morgan fingerprint density at radius 1 is 0.902 bits per heavy atom. The van der Waals surface area contributed by atoms with Gasteiger partial charge in [-0.1, -0.05) is 39.0 Å². The lowest BCUT2D eigenvalue weighted by Crippen LogP contribution is -2.52. The highest BCUT2D eigenvalue weighted by atomic mass is 16.5. The number of aliphatic imine (C=N–C) groups is 1. The summed E-state index contributed by atoms with van der Waals surface area (Å²) in [5.74, 6) is 1.17. The molecule has 4 aromatic rings. The summed E-state index contributed by atoms with van der Waals surface area (Å²) in [6.45, 7) is 10.2. The molecule has 0 spiro atoms. The number of ether oxygens (including phenoxy) is 4. The minimum absolute atomic E-state index is 0.0138. The molecule has 0 radical (unpaired) electrons. The molecular weight excluding hydrogens is 777 g/mol. The lowest BCUT2D eigenvalue weighted by atomic mass is 9.82. The Morgan fingerprint density at radius 3 is 2.38 bits per heavy atom. The van der Waals surface area contributed by atoms with E-state index in [1.807, 2.05) is 31.9 Å². The molecule has 14 heteroatoms. The first kappa shape index (κ1) is 42.0. The van der Waals surface area contributed by atoms with E-state index in [9.17, 15) is 19.2 Å². The van der Waals surface area contributed by atoms with E-state index >= 15 is 0 Å². The van der Waals surface area contributed by atoms with Crippen LogP contribution in [-0.2, 0) is 36.8 Å². The molecule has 3 aromatic carbocycles. The molecule has 2 fully saturated rings. The number of amides is 3. The first-order chi connectivity index (χ1) is 29.3. The quantitative estimate of drug-likeness (QED) is 0.136. The van der Waals surface area contributed by atoms with Gasteiger partial charge in [0, 0.05) is 42.7 Å². The summed E-state index contributed by atoms with van der Waals surface area (Å²) in [4.78, 5) is 67.5. The van der Waals surface area contributed by atoms with Crippen LogP contribution in [0.5, 0.6) is 5.75 Å². The Bertz CT molecular complexity index is 2410. The number of carbonyl (C=O) groups is 4. The molecule has 3 N–H and O–H groups in total. The maximum absolute atomic E-state index is 14.1. The maximum atomic E-state index is 14.1. The van der Waals surface area contributed by atoms with Crippen LogP contribution in [0.2, 0.25) is 0 Å². The van der Waals surface area contributed by atoms with E-state index in [0.717, 1.165) is 87.1 Å². The van der Waals surface area contributed by atoms with Gasteiger partial charge in [0.15, 0.2) is 5.78 Å². The normalized spacial score (nSPS) is 23.0. The van der Waals surface area contributed by atoms with E-state index in [0.29, 0.717) is 24.8 Å². The summed E-state index contributed by atoms with van der Waals surface area (Å²) in [6, 6.07) is 13.1. The van der Waals surface area contributed by atoms with Gasteiger partial charge in [0.1, 0.15) is 30.3 Å². The van der Waals surface area contributed by atoms with Crippen LogP contribution in [0.15, 0.2) is 53.7 Å². The molecule has 4 aliphatic rings. The van der Waals surface area contributed by atoms with Gasteiger partial charge < -0.3 is 39.5 Å². The van der Waals surface area contributed by atoms with Crippen LogP contribution in [0.1, 0.15) is 83.3 Å². The van der Waals surface area contributed by atoms with Crippen LogP contribution in [0.25, 0.3) is 33.2 Å². The third-order valence-electron chi connectivity index (χ3n) is 13.3. The van der Waals surface area contributed by atoms with Crippen molar-refractivity contribution in [2.75, 3.05) is 21.3 Å². The van der Waals surface area contributed by atoms with Gasteiger partial charge in [0.25, 0.3) is 0 Å². The second kappa shape index (κ2) is 16.9. The number of carbonyl (C=O) groups excluding carboxylic acids is 4. The topological polar surface area (TPSA) is 174 Å². The second-order valence-electron chi connectivity index (χ2n) is 17.5. The first-order valence-corrected chi connectivity index (χ1v) is 21.4. The number of alkyl carbamates (subject to hydrolysis) is 2. The van der Waals surface area contributed by atoms with E-state index in [-0.39, 0.29) is 41.5 Å². The molecule has 3 aliphatic heterocycles. The summed E-state index contributed by atoms with van der Waals surface area (Å²) < 4.78 is 21.6. The average molecular weight is 833 g/mol. The fraction of sp³-hybridized carbons (Fsp3) is 0.489. The number of hydrogen-bond acceptors (Lipinski definition) is 10. The van der Waals surface area contributed by atoms with Crippen molar-refractivity contribution in [2.24, 2.45) is 28.7 Å². The minimum Gasteiger partial charge on any atom is -0.488 e. The zero-order chi connectivity index (χ0) is 43.3. The highest BCUT2D eigenvalue weighted by Gasteiger charge is 2.45. The standard InChI is InChI=1S/C47H56N6O8/c1-23(2)41(51-46(56)59-7)45(55)53-25(4)9-14-39(53)44-48-21-38(50-44)28-10-12-30-29(17-28)22-61-40-20-31-27(18-34(30)40)11-13-36-33(31)19-37(49-36)32-15-24(3)16-35(32)43(54)42(26(5)58-6)52-47(57)60-8/h10-13,17-18,20-21,23-26,32,35,39,41-42H,9,14-16,19,22H2,1-8H3,(H,48,50)(H,51,56)(H,52,57)/t24-,25-,26+,32+,35?,39-,41-,42-/m0/s1. The van der Waals surface area contributed by atoms with Gasteiger partial charge in [-0.15, -0.1) is 0 Å². The smallest absolute Gasteiger partial charge is 0.407 e. The summed E-state index contributed by atoms with van der Waals surface area (Å²) >= 11 is 0. The number of aromatic amines is 1. The molecule has 3 amide bonds. The van der Waals surface area contributed by atoms with Crippen molar-refractivity contribution in [3.63, 3.8) is 0 Å². The molecule has 4 heterocycles. The highest BCUT2D eigenvalue weighted by molar-refractivity contribution is 6.06. The molecule has 1 aromatic heterocycles. The zero-order valence-corrected chi connectivity index (χ0v) is 36.2. The third-order valence-corrected chi connectivity index (χ3v) is 13.3. The zero-order valence-electron chi connectivity index (χ0n) is 36.2. The Hall–Kier alpha value is -5.76. The monoisotopic (exact) mass is 832 g/mol. The Balaban J connectivity index is 1.01. The van der Waals surface area contributed by atoms with Crippen molar-refractivity contribution in [3.8, 4) is 28.1 Å². The predicted octanol–water partition coefficient (Wildman–Crippen LogP) is 7.84. The summed E-state index contributed by atoms with van der Waals surface area (Å²) in [7, 11) is 4.11. The molecule has 61 heavy (non-hydrogen) atoms. The number of aromatic nitrogens is 2. The van der Waals surface area contributed by atoms with Gasteiger partial charge in [-0.3, -0.25) is 14.6 Å². The summed E-state index contributed by atoms with van der Waals surface area (Å²) in [6.07, 6.45) is 3.79. The van der Waals surface area contributed by atoms with Crippen LogP contribution in [0.3, 0.4) is 0 Å². The van der Waals surface area contributed by atoms with E-state index in [1.54, 1.807) is 6.92 Å². The molecule has 8 atom stereocenters. The van der Waals surface area contributed by atoms with E-state index in [4.69, 9.17) is 28.9 Å². The lowest BCUT2D eigenvalue weighted by Gasteiger charge is -2.32. The van der Waals surface area contributed by atoms with E-state index in [2.05, 4.69) is 65.0 Å². The number of methoxy groups -OCH3 is 3. The van der Waals surface area contributed by atoms with Crippen LogP contribution >= 0.6 is 0 Å². The van der Waals surface area contributed by atoms with Gasteiger partial charge in [0.2, 0.25) is 5.91 Å². The van der Waals surface area contributed by atoms with Crippen LogP contribution in [-0.4, -0.2) is 90.0 Å². The fourth-order valence-electron chi connectivity index (χ4n) is 10.00. The molecule has 1 saturated heterocycles. The highest BCUT2D eigenvalue weighted by Crippen LogP contribution is 2.47. The average Bonchev–Trinajstić information content (AvgIpc) is 4.08. The molecule has 1 saturated carbocycles. The van der Waals surface area contributed by atoms with Crippen LogP contribution in [0.4, 0.5) is 15.3 Å². The SMILES string of the molecule is COC(=O)N[C@H](C(=O)N1[C@@H](C)CC[C@H]1c1ncc(-c2ccc3c(c2)COc2cc4c5c(ccc4cc2-3)N=C([C@@H]2C[C@H](C)CC2C(=O)[C@@H](NC(=O)OC)[C@@H](C)OC)C5)[nH]1)C(C)C. The van der Waals surface area contributed by atoms with Gasteiger partial charge >= 0.3 is 12.2 Å². The summed E-state index contributed by atoms with van der Waals surface area (Å²) in [5, 5.41) is 7.62. The van der Waals surface area contributed by atoms with Gasteiger partial charge in [0.05, 0.1) is 43.9 Å². The van der Waals surface area contributed by atoms with Crippen molar-refractivity contribution < 1.29 is 38.1 Å². The minimum atomic E-state index is -0.828. The van der Waals surface area contributed by atoms with Gasteiger partial charge in [-0.05, 0) is 109 Å². The molecular formula is C47H56N6O8. The predicted molar refractivity (Wildman–Crippen MR) is 231 cm³/mol. The first-order valence-electron chi connectivity index (χ1n) is 21.4. The molecule has 0 bridgehead atoms. The van der Waals surface area contributed by atoms with Crippen molar-refractivity contribution in [1.82, 2.24) is 25.5 Å². The Kier molecular flexibility index (Phi) is 11.7. The number of rotatable bonds is 11. The Morgan fingerprint density at radius 2 is 1.66 bits per heavy atom. The van der Waals surface area contributed by atoms with E-state index in [1.165, 1.54) is 21.3 Å². The number of H-pyrrole nitrogens is 1. The molecule has 322 valence electrons. The summed E-state index contributed by atoms with van der Waals surface area (Å²) in [5.41, 5.74) is 8.04.